The van der Waals surface area contributed by atoms with Gasteiger partial charge in [0.05, 0.1) is 12.6 Å². The van der Waals surface area contributed by atoms with Crippen molar-refractivity contribution in [3.8, 4) is 0 Å². The SMILES string of the molecule is CC(C)CC(=O)N1C[C@H]2C[C@H]3[C@](C1)(CN(Cc1ccncc1)S3(=O)=O)O2. The quantitative estimate of drug-likeness (QED) is 0.780. The summed E-state index contributed by atoms with van der Waals surface area (Å²) in [5.41, 5.74) is 0.113. The maximum Gasteiger partial charge on any atom is 0.223 e. The number of rotatable bonds is 4. The molecule has 0 N–H and O–H groups in total. The third kappa shape index (κ3) is 2.93. The van der Waals surface area contributed by atoms with Crippen LogP contribution in [0.4, 0.5) is 0 Å². The lowest BCUT2D eigenvalue weighted by molar-refractivity contribution is -0.151. The smallest absolute Gasteiger partial charge is 0.223 e. The number of likely N-dealkylation sites (tertiary alicyclic amines) is 1. The Kier molecular flexibility index (Phi) is 4.32. The Labute approximate surface area is 154 Å². The molecule has 0 aliphatic carbocycles. The molecule has 1 spiro atoms. The fourth-order valence-corrected chi connectivity index (χ4v) is 6.74. The van der Waals surface area contributed by atoms with Crippen molar-refractivity contribution in [2.75, 3.05) is 19.6 Å². The highest BCUT2D eigenvalue weighted by atomic mass is 32.2. The molecule has 7 nitrogen and oxygen atoms in total. The van der Waals surface area contributed by atoms with Crippen LogP contribution < -0.4 is 0 Å². The predicted molar refractivity (Wildman–Crippen MR) is 95.6 cm³/mol. The highest BCUT2D eigenvalue weighted by Crippen LogP contribution is 2.47. The average Bonchev–Trinajstić information content (AvgIpc) is 2.94. The van der Waals surface area contributed by atoms with Gasteiger partial charge in [0.25, 0.3) is 0 Å². The van der Waals surface area contributed by atoms with Gasteiger partial charge in [0.2, 0.25) is 15.9 Å². The number of fused-ring (bicyclic) bond motifs is 1. The summed E-state index contributed by atoms with van der Waals surface area (Å²) < 4.78 is 33.9. The Morgan fingerprint density at radius 2 is 2.08 bits per heavy atom. The summed E-state index contributed by atoms with van der Waals surface area (Å²) in [5.74, 6) is 0.380. The number of aromatic nitrogens is 1. The van der Waals surface area contributed by atoms with Crippen LogP contribution >= 0.6 is 0 Å². The molecule has 0 radical (unpaired) electrons. The number of morpholine rings is 1. The van der Waals surface area contributed by atoms with E-state index in [1.807, 2.05) is 30.9 Å². The first-order valence-corrected chi connectivity index (χ1v) is 10.6. The van der Waals surface area contributed by atoms with E-state index in [1.54, 1.807) is 12.4 Å². The lowest BCUT2D eigenvalue weighted by Gasteiger charge is -2.39. The standard InChI is InChI=1S/C18H25N3O4S/c1-13(2)7-17(22)20-10-15-8-16-18(11-20,25-15)12-21(26(16,23)24)9-14-3-5-19-6-4-14/h3-6,13,15-16H,7-12H2,1-2H3/t15-,16+,18+/m1/s1. The van der Waals surface area contributed by atoms with Crippen molar-refractivity contribution in [1.82, 2.24) is 14.2 Å². The second-order valence-corrected chi connectivity index (χ2v) is 10.2. The molecule has 1 amide bonds. The molecule has 1 aromatic heterocycles. The molecular weight excluding hydrogens is 354 g/mol. The Hall–Kier alpha value is -1.51. The second kappa shape index (κ2) is 6.28. The van der Waals surface area contributed by atoms with Crippen LogP contribution in [0.5, 0.6) is 0 Å². The molecule has 0 unspecified atom stereocenters. The third-order valence-corrected chi connectivity index (χ3v) is 7.87. The van der Waals surface area contributed by atoms with Crippen LogP contribution in [0.1, 0.15) is 32.3 Å². The molecule has 3 aliphatic heterocycles. The molecule has 3 atom stereocenters. The molecule has 2 bridgehead atoms. The first-order chi connectivity index (χ1) is 12.3. The summed E-state index contributed by atoms with van der Waals surface area (Å²) in [6, 6.07) is 3.65. The summed E-state index contributed by atoms with van der Waals surface area (Å²) in [5, 5.41) is -0.557. The number of nitrogens with zero attached hydrogens (tertiary/aromatic N) is 3. The van der Waals surface area contributed by atoms with E-state index in [1.165, 1.54) is 4.31 Å². The number of amides is 1. The van der Waals surface area contributed by atoms with E-state index < -0.39 is 20.9 Å². The molecule has 0 saturated carbocycles. The summed E-state index contributed by atoms with van der Waals surface area (Å²) in [4.78, 5) is 18.3. The fourth-order valence-electron chi connectivity index (χ4n) is 4.45. The Morgan fingerprint density at radius 3 is 2.77 bits per heavy atom. The Bertz CT molecular complexity index is 798. The van der Waals surface area contributed by atoms with E-state index in [4.69, 9.17) is 4.74 Å². The van der Waals surface area contributed by atoms with Crippen molar-refractivity contribution in [3.05, 3.63) is 30.1 Å². The van der Waals surface area contributed by atoms with Crippen LogP contribution in [0.15, 0.2) is 24.5 Å². The van der Waals surface area contributed by atoms with Crippen molar-refractivity contribution in [3.63, 3.8) is 0 Å². The zero-order chi connectivity index (χ0) is 18.5. The van der Waals surface area contributed by atoms with Gasteiger partial charge in [-0.25, -0.2) is 8.42 Å². The zero-order valence-electron chi connectivity index (χ0n) is 15.2. The highest BCUT2D eigenvalue weighted by molar-refractivity contribution is 7.90. The van der Waals surface area contributed by atoms with E-state index in [-0.39, 0.29) is 17.9 Å². The largest absolute Gasteiger partial charge is 0.365 e. The third-order valence-electron chi connectivity index (χ3n) is 5.55. The van der Waals surface area contributed by atoms with E-state index in [0.29, 0.717) is 39.0 Å². The van der Waals surface area contributed by atoms with Crippen molar-refractivity contribution < 1.29 is 17.9 Å². The molecular formula is C18H25N3O4S. The van der Waals surface area contributed by atoms with Crippen LogP contribution in [-0.2, 0) is 26.1 Å². The van der Waals surface area contributed by atoms with Gasteiger partial charge in [-0.05, 0) is 30.0 Å². The molecule has 0 aromatic carbocycles. The molecule has 142 valence electrons. The van der Waals surface area contributed by atoms with E-state index >= 15 is 0 Å². The number of carbonyl (C=O) groups excluding carboxylic acids is 1. The lowest BCUT2D eigenvalue weighted by Crippen LogP contribution is -2.56. The summed E-state index contributed by atoms with van der Waals surface area (Å²) in [6.45, 7) is 5.53. The molecule has 3 saturated heterocycles. The molecule has 4 rings (SSSR count). The van der Waals surface area contributed by atoms with Crippen molar-refractivity contribution in [2.24, 2.45) is 5.92 Å². The van der Waals surface area contributed by atoms with Crippen LogP contribution in [0, 0.1) is 5.92 Å². The molecule has 4 heterocycles. The minimum absolute atomic E-state index is 0.0957. The van der Waals surface area contributed by atoms with Crippen molar-refractivity contribution in [2.45, 2.75) is 50.2 Å². The van der Waals surface area contributed by atoms with E-state index in [0.717, 1.165) is 5.56 Å². The maximum atomic E-state index is 13.1. The number of ether oxygens (including phenoxy) is 1. The Morgan fingerprint density at radius 1 is 1.35 bits per heavy atom. The van der Waals surface area contributed by atoms with Gasteiger partial charge in [0, 0.05) is 38.4 Å². The first kappa shape index (κ1) is 17.9. The summed E-state index contributed by atoms with van der Waals surface area (Å²) >= 11 is 0. The molecule has 3 aliphatic rings. The van der Waals surface area contributed by atoms with Gasteiger partial charge in [-0.2, -0.15) is 4.31 Å². The van der Waals surface area contributed by atoms with Crippen molar-refractivity contribution >= 4 is 15.9 Å². The van der Waals surface area contributed by atoms with Crippen LogP contribution in [-0.4, -0.2) is 65.1 Å². The number of hydrogen-bond acceptors (Lipinski definition) is 5. The minimum Gasteiger partial charge on any atom is -0.365 e. The molecule has 3 fully saturated rings. The second-order valence-electron chi connectivity index (χ2n) is 8.07. The van der Waals surface area contributed by atoms with Gasteiger partial charge < -0.3 is 9.64 Å². The summed E-state index contributed by atoms with van der Waals surface area (Å²) in [7, 11) is -3.45. The molecule has 8 heteroatoms. The zero-order valence-corrected chi connectivity index (χ0v) is 16.0. The monoisotopic (exact) mass is 379 g/mol. The molecule has 1 aromatic rings. The number of carbonyl (C=O) groups is 1. The Balaban J connectivity index is 1.57. The molecule has 26 heavy (non-hydrogen) atoms. The predicted octanol–water partition coefficient (Wildman–Crippen LogP) is 1.01. The van der Waals surface area contributed by atoms with E-state index in [2.05, 4.69) is 4.98 Å². The highest BCUT2D eigenvalue weighted by Gasteiger charge is 2.65. The van der Waals surface area contributed by atoms with Gasteiger partial charge in [0.1, 0.15) is 10.9 Å². The topological polar surface area (TPSA) is 79.8 Å². The van der Waals surface area contributed by atoms with Gasteiger partial charge >= 0.3 is 0 Å². The van der Waals surface area contributed by atoms with Gasteiger partial charge in [-0.15, -0.1) is 0 Å². The number of pyridine rings is 1. The van der Waals surface area contributed by atoms with Gasteiger partial charge in [-0.3, -0.25) is 9.78 Å². The number of sulfonamides is 1. The van der Waals surface area contributed by atoms with Crippen LogP contribution in [0.25, 0.3) is 0 Å². The number of hydrogen-bond donors (Lipinski definition) is 0. The first-order valence-electron chi connectivity index (χ1n) is 9.14. The van der Waals surface area contributed by atoms with Crippen molar-refractivity contribution in [1.29, 1.82) is 0 Å². The maximum absolute atomic E-state index is 13.1. The fraction of sp³-hybridized carbons (Fsp3) is 0.667. The average molecular weight is 379 g/mol. The van der Waals surface area contributed by atoms with Gasteiger partial charge in [0.15, 0.2) is 0 Å². The van der Waals surface area contributed by atoms with Crippen LogP contribution in [0.2, 0.25) is 0 Å². The lowest BCUT2D eigenvalue weighted by atomic mass is 9.98. The van der Waals surface area contributed by atoms with Gasteiger partial charge in [-0.1, -0.05) is 13.8 Å². The minimum atomic E-state index is -3.45. The van der Waals surface area contributed by atoms with Crippen LogP contribution in [0.3, 0.4) is 0 Å². The normalized spacial score (nSPS) is 32.8. The van der Waals surface area contributed by atoms with E-state index in [9.17, 15) is 13.2 Å². The summed E-state index contributed by atoms with van der Waals surface area (Å²) in [6.07, 6.45) is 4.11.